The Bertz CT molecular complexity index is 838. The van der Waals surface area contributed by atoms with Gasteiger partial charge in [0.05, 0.1) is 0 Å². The van der Waals surface area contributed by atoms with Gasteiger partial charge in [0, 0.05) is 12.6 Å². The second kappa shape index (κ2) is 8.85. The lowest BCUT2D eigenvalue weighted by Crippen LogP contribution is -2.46. The summed E-state index contributed by atoms with van der Waals surface area (Å²) in [5.41, 5.74) is 0.416. The van der Waals surface area contributed by atoms with Crippen LogP contribution < -0.4 is 5.32 Å². The molecule has 0 unspecified atom stereocenters. The molecule has 2 heterocycles. The van der Waals surface area contributed by atoms with E-state index in [1.165, 1.54) is 0 Å². The highest BCUT2D eigenvalue weighted by molar-refractivity contribution is 6.08. The molecule has 30 heavy (non-hydrogen) atoms. The Labute approximate surface area is 176 Å². The van der Waals surface area contributed by atoms with Crippen LogP contribution in [-0.2, 0) is 24.7 Å². The number of carbonyl (C=O) groups is 4. The van der Waals surface area contributed by atoms with Crippen LogP contribution in [0, 0.1) is 6.92 Å². The van der Waals surface area contributed by atoms with E-state index >= 15 is 0 Å². The van der Waals surface area contributed by atoms with Crippen molar-refractivity contribution in [2.24, 2.45) is 0 Å². The standard InChI is InChI=1S/C22H29N3O5/c1-4-17-7-5-6-12-24(17)18(26)14-30-19(27)13-25-20(28)22(3,23-21(25)29)16-10-8-15(2)9-11-16/h8-11,17H,4-7,12-14H2,1-3H3,(H,23,29)/t17-,22-/m0/s1. The maximum Gasteiger partial charge on any atom is 0.326 e. The van der Waals surface area contributed by atoms with Crippen molar-refractivity contribution < 1.29 is 23.9 Å². The number of piperidine rings is 1. The lowest BCUT2D eigenvalue weighted by molar-refractivity contribution is -0.155. The van der Waals surface area contributed by atoms with E-state index in [0.717, 1.165) is 36.1 Å². The summed E-state index contributed by atoms with van der Waals surface area (Å²) in [6.45, 7) is 5.32. The molecule has 2 saturated heterocycles. The van der Waals surface area contributed by atoms with Crippen LogP contribution in [0.3, 0.4) is 0 Å². The number of benzene rings is 1. The molecule has 4 amide bonds. The van der Waals surface area contributed by atoms with Crippen LogP contribution >= 0.6 is 0 Å². The van der Waals surface area contributed by atoms with Crippen molar-refractivity contribution in [3.8, 4) is 0 Å². The van der Waals surface area contributed by atoms with Gasteiger partial charge in [0.1, 0.15) is 12.1 Å². The molecule has 1 aromatic rings. The molecule has 2 fully saturated rings. The van der Waals surface area contributed by atoms with Gasteiger partial charge in [0.25, 0.3) is 11.8 Å². The number of ether oxygens (including phenoxy) is 1. The number of hydrogen-bond acceptors (Lipinski definition) is 5. The van der Waals surface area contributed by atoms with Crippen LogP contribution in [0.2, 0.25) is 0 Å². The molecule has 3 rings (SSSR count). The third-order valence-corrected chi connectivity index (χ3v) is 5.97. The monoisotopic (exact) mass is 415 g/mol. The molecule has 0 aromatic heterocycles. The van der Waals surface area contributed by atoms with Gasteiger partial charge in [-0.2, -0.15) is 0 Å². The number of esters is 1. The zero-order chi connectivity index (χ0) is 21.9. The fourth-order valence-corrected chi connectivity index (χ4v) is 4.08. The lowest BCUT2D eigenvalue weighted by Gasteiger charge is -2.35. The molecular weight excluding hydrogens is 386 g/mol. The summed E-state index contributed by atoms with van der Waals surface area (Å²) in [6, 6.07) is 6.77. The van der Waals surface area contributed by atoms with E-state index in [0.29, 0.717) is 12.1 Å². The highest BCUT2D eigenvalue weighted by Crippen LogP contribution is 2.29. The van der Waals surface area contributed by atoms with Crippen LogP contribution in [0.5, 0.6) is 0 Å². The molecule has 1 N–H and O–H groups in total. The maximum atomic E-state index is 12.9. The summed E-state index contributed by atoms with van der Waals surface area (Å²) in [5.74, 6) is -1.55. The second-order valence-electron chi connectivity index (χ2n) is 8.12. The van der Waals surface area contributed by atoms with Crippen molar-refractivity contribution in [3.63, 3.8) is 0 Å². The number of hydrogen-bond donors (Lipinski definition) is 1. The summed E-state index contributed by atoms with van der Waals surface area (Å²) < 4.78 is 5.09. The first-order chi connectivity index (χ1) is 14.3. The maximum absolute atomic E-state index is 12.9. The number of nitrogens with one attached hydrogen (secondary N) is 1. The second-order valence-corrected chi connectivity index (χ2v) is 8.12. The van der Waals surface area contributed by atoms with Gasteiger partial charge in [-0.05, 0) is 45.1 Å². The minimum Gasteiger partial charge on any atom is -0.454 e. The van der Waals surface area contributed by atoms with Gasteiger partial charge in [-0.1, -0.05) is 36.8 Å². The molecule has 2 atom stereocenters. The van der Waals surface area contributed by atoms with Crippen molar-refractivity contribution in [1.29, 1.82) is 0 Å². The highest BCUT2D eigenvalue weighted by atomic mass is 16.5. The summed E-state index contributed by atoms with van der Waals surface area (Å²) in [7, 11) is 0. The SMILES string of the molecule is CC[C@H]1CCCCN1C(=O)COC(=O)CN1C(=O)N[C@@](C)(c2ccc(C)cc2)C1=O. The van der Waals surface area contributed by atoms with E-state index in [9.17, 15) is 19.2 Å². The molecule has 162 valence electrons. The Balaban J connectivity index is 1.58. The number of nitrogens with zero attached hydrogens (tertiary/aromatic N) is 2. The number of amides is 4. The molecule has 0 aliphatic carbocycles. The van der Waals surface area contributed by atoms with E-state index in [1.54, 1.807) is 24.0 Å². The molecule has 1 aromatic carbocycles. The number of aryl methyl sites for hydroxylation is 1. The minimum atomic E-state index is -1.25. The Kier molecular flexibility index (Phi) is 6.43. The molecule has 0 radical (unpaired) electrons. The summed E-state index contributed by atoms with van der Waals surface area (Å²) in [6.07, 6.45) is 3.85. The lowest BCUT2D eigenvalue weighted by atomic mass is 9.91. The summed E-state index contributed by atoms with van der Waals surface area (Å²) in [4.78, 5) is 52.5. The summed E-state index contributed by atoms with van der Waals surface area (Å²) >= 11 is 0. The first-order valence-corrected chi connectivity index (χ1v) is 10.4. The Morgan fingerprint density at radius 1 is 1.20 bits per heavy atom. The van der Waals surface area contributed by atoms with Crippen LogP contribution in [-0.4, -0.2) is 59.4 Å². The molecule has 0 saturated carbocycles. The van der Waals surface area contributed by atoms with Gasteiger partial charge in [0.2, 0.25) is 0 Å². The topological polar surface area (TPSA) is 96.0 Å². The average Bonchev–Trinajstić information content (AvgIpc) is 2.96. The molecular formula is C22H29N3O5. The van der Waals surface area contributed by atoms with Crippen molar-refractivity contribution in [2.45, 2.75) is 58.0 Å². The third kappa shape index (κ3) is 4.32. The molecule has 0 bridgehead atoms. The predicted octanol–water partition coefficient (Wildman–Crippen LogP) is 2.10. The number of rotatable bonds is 6. The predicted molar refractivity (Wildman–Crippen MR) is 109 cm³/mol. The van der Waals surface area contributed by atoms with Gasteiger partial charge in [-0.25, -0.2) is 4.79 Å². The molecule has 0 spiro atoms. The molecule has 2 aliphatic heterocycles. The summed E-state index contributed by atoms with van der Waals surface area (Å²) in [5, 5.41) is 2.66. The number of carbonyl (C=O) groups excluding carboxylic acids is 4. The smallest absolute Gasteiger partial charge is 0.326 e. The van der Waals surface area contributed by atoms with Crippen molar-refractivity contribution in [1.82, 2.24) is 15.1 Å². The molecule has 2 aliphatic rings. The molecule has 8 heteroatoms. The zero-order valence-corrected chi connectivity index (χ0v) is 17.8. The van der Waals surface area contributed by atoms with Gasteiger partial charge in [-0.3, -0.25) is 19.3 Å². The van der Waals surface area contributed by atoms with Gasteiger partial charge < -0.3 is 15.0 Å². The Hall–Kier alpha value is -2.90. The van der Waals surface area contributed by atoms with Crippen molar-refractivity contribution in [3.05, 3.63) is 35.4 Å². The van der Waals surface area contributed by atoms with E-state index in [4.69, 9.17) is 4.74 Å². The fraction of sp³-hybridized carbons (Fsp3) is 0.545. The first kappa shape index (κ1) is 21.8. The number of urea groups is 1. The van der Waals surface area contributed by atoms with E-state index in [1.807, 2.05) is 26.0 Å². The fourth-order valence-electron chi connectivity index (χ4n) is 4.08. The Morgan fingerprint density at radius 2 is 1.90 bits per heavy atom. The van der Waals surface area contributed by atoms with E-state index in [-0.39, 0.29) is 18.6 Å². The van der Waals surface area contributed by atoms with E-state index < -0.39 is 30.0 Å². The van der Waals surface area contributed by atoms with Crippen LogP contribution in [0.15, 0.2) is 24.3 Å². The van der Waals surface area contributed by atoms with Gasteiger partial charge >= 0.3 is 12.0 Å². The average molecular weight is 415 g/mol. The van der Waals surface area contributed by atoms with Crippen LogP contribution in [0.25, 0.3) is 0 Å². The van der Waals surface area contributed by atoms with Crippen LogP contribution in [0.4, 0.5) is 4.79 Å². The molecule has 8 nitrogen and oxygen atoms in total. The zero-order valence-electron chi connectivity index (χ0n) is 17.8. The van der Waals surface area contributed by atoms with E-state index in [2.05, 4.69) is 5.32 Å². The number of likely N-dealkylation sites (tertiary alicyclic amines) is 1. The quantitative estimate of drug-likeness (QED) is 0.567. The van der Waals surface area contributed by atoms with Gasteiger partial charge in [-0.15, -0.1) is 0 Å². The highest BCUT2D eigenvalue weighted by Gasteiger charge is 2.49. The number of imide groups is 1. The van der Waals surface area contributed by atoms with Crippen molar-refractivity contribution in [2.75, 3.05) is 19.7 Å². The third-order valence-electron chi connectivity index (χ3n) is 5.97. The largest absolute Gasteiger partial charge is 0.454 e. The Morgan fingerprint density at radius 3 is 2.57 bits per heavy atom. The first-order valence-electron chi connectivity index (χ1n) is 10.4. The minimum absolute atomic E-state index is 0.172. The van der Waals surface area contributed by atoms with Crippen LogP contribution in [0.1, 0.15) is 50.7 Å². The normalized spacial score (nSPS) is 24.0. The van der Waals surface area contributed by atoms with Crippen molar-refractivity contribution >= 4 is 23.8 Å². The van der Waals surface area contributed by atoms with Gasteiger partial charge in [0.15, 0.2) is 6.61 Å².